The molecule has 1 aromatic carbocycles. The number of nitrogens with two attached hydrogens (primary N) is 1. The minimum atomic E-state index is -0.115. The van der Waals surface area contributed by atoms with E-state index in [2.05, 4.69) is 31.2 Å². The van der Waals surface area contributed by atoms with Gasteiger partial charge in [0.15, 0.2) is 0 Å². The second-order valence-electron chi connectivity index (χ2n) is 6.18. The standard InChI is InChI=1S/C16H22N2O/c1-2-7-16(17)10-18(11-16)15(19)14-8-12-5-3-4-6-13(12)9-14/h3-6,14H,2,7-11,17H2,1H3. The lowest BCUT2D eigenvalue weighted by Gasteiger charge is -2.48. The van der Waals surface area contributed by atoms with Crippen LogP contribution < -0.4 is 5.73 Å². The first kappa shape index (κ1) is 12.7. The monoisotopic (exact) mass is 258 g/mol. The molecule has 0 unspecified atom stereocenters. The third-order valence-corrected chi connectivity index (χ3v) is 4.47. The van der Waals surface area contributed by atoms with Crippen molar-refractivity contribution in [2.45, 2.75) is 38.1 Å². The van der Waals surface area contributed by atoms with Crippen molar-refractivity contribution < 1.29 is 4.79 Å². The van der Waals surface area contributed by atoms with E-state index in [0.717, 1.165) is 38.8 Å². The van der Waals surface area contributed by atoms with E-state index >= 15 is 0 Å². The van der Waals surface area contributed by atoms with Crippen molar-refractivity contribution in [3.05, 3.63) is 35.4 Å². The van der Waals surface area contributed by atoms with Crippen LogP contribution in [0.4, 0.5) is 0 Å². The highest BCUT2D eigenvalue weighted by Gasteiger charge is 2.43. The Kier molecular flexibility index (Phi) is 3.09. The molecule has 19 heavy (non-hydrogen) atoms. The van der Waals surface area contributed by atoms with Gasteiger partial charge in [-0.15, -0.1) is 0 Å². The molecule has 0 radical (unpaired) electrons. The van der Waals surface area contributed by atoms with Crippen LogP contribution in [0.15, 0.2) is 24.3 Å². The highest BCUT2D eigenvalue weighted by Crippen LogP contribution is 2.31. The Labute approximate surface area is 114 Å². The molecular formula is C16H22N2O. The van der Waals surface area contributed by atoms with E-state index in [1.807, 2.05) is 4.90 Å². The third kappa shape index (κ3) is 2.27. The van der Waals surface area contributed by atoms with E-state index in [1.54, 1.807) is 0 Å². The van der Waals surface area contributed by atoms with Crippen LogP contribution in [0.2, 0.25) is 0 Å². The minimum absolute atomic E-state index is 0.115. The van der Waals surface area contributed by atoms with Gasteiger partial charge in [-0.1, -0.05) is 37.6 Å². The third-order valence-electron chi connectivity index (χ3n) is 4.47. The molecule has 3 nitrogen and oxygen atoms in total. The predicted molar refractivity (Wildman–Crippen MR) is 75.7 cm³/mol. The zero-order valence-corrected chi connectivity index (χ0v) is 11.6. The van der Waals surface area contributed by atoms with Gasteiger partial charge in [0.05, 0.1) is 5.54 Å². The first-order valence-corrected chi connectivity index (χ1v) is 7.26. The summed E-state index contributed by atoms with van der Waals surface area (Å²) in [4.78, 5) is 14.4. The average molecular weight is 258 g/mol. The zero-order valence-electron chi connectivity index (χ0n) is 11.6. The van der Waals surface area contributed by atoms with Crippen LogP contribution in [0, 0.1) is 5.92 Å². The molecule has 1 amide bonds. The first-order valence-electron chi connectivity index (χ1n) is 7.26. The number of nitrogens with zero attached hydrogens (tertiary/aromatic N) is 1. The smallest absolute Gasteiger partial charge is 0.226 e. The summed E-state index contributed by atoms with van der Waals surface area (Å²) < 4.78 is 0. The van der Waals surface area contributed by atoms with Gasteiger partial charge in [0.25, 0.3) is 0 Å². The molecule has 102 valence electrons. The van der Waals surface area contributed by atoms with Gasteiger partial charge in [0, 0.05) is 19.0 Å². The largest absolute Gasteiger partial charge is 0.339 e. The molecular weight excluding hydrogens is 236 g/mol. The Morgan fingerprint density at radius 3 is 2.42 bits per heavy atom. The van der Waals surface area contributed by atoms with Gasteiger partial charge in [0.1, 0.15) is 0 Å². The molecule has 1 aliphatic heterocycles. The van der Waals surface area contributed by atoms with Crippen molar-refractivity contribution in [2.75, 3.05) is 13.1 Å². The fourth-order valence-corrected chi connectivity index (χ4v) is 3.52. The van der Waals surface area contributed by atoms with Gasteiger partial charge in [-0.3, -0.25) is 4.79 Å². The molecule has 0 spiro atoms. The molecule has 0 aromatic heterocycles. The van der Waals surface area contributed by atoms with Gasteiger partial charge >= 0.3 is 0 Å². The molecule has 1 aliphatic carbocycles. The fraction of sp³-hybridized carbons (Fsp3) is 0.562. The summed E-state index contributed by atoms with van der Waals surface area (Å²) in [6.07, 6.45) is 3.91. The summed E-state index contributed by atoms with van der Waals surface area (Å²) >= 11 is 0. The normalized spacial score (nSPS) is 21.1. The number of hydrogen-bond donors (Lipinski definition) is 1. The number of benzene rings is 1. The number of amides is 1. The Balaban J connectivity index is 1.60. The molecule has 0 atom stereocenters. The van der Waals surface area contributed by atoms with Gasteiger partial charge in [0.2, 0.25) is 5.91 Å². The number of rotatable bonds is 3. The van der Waals surface area contributed by atoms with Crippen LogP contribution in [0.3, 0.4) is 0 Å². The van der Waals surface area contributed by atoms with E-state index in [4.69, 9.17) is 5.73 Å². The van der Waals surface area contributed by atoms with Crippen LogP contribution in [0.5, 0.6) is 0 Å². The van der Waals surface area contributed by atoms with E-state index in [0.29, 0.717) is 5.91 Å². The summed E-state index contributed by atoms with van der Waals surface area (Å²) in [5.41, 5.74) is 8.80. The van der Waals surface area contributed by atoms with Crippen LogP contribution in [-0.4, -0.2) is 29.4 Å². The Morgan fingerprint density at radius 1 is 1.32 bits per heavy atom. The molecule has 2 aliphatic rings. The summed E-state index contributed by atoms with van der Waals surface area (Å²) in [5, 5.41) is 0. The SMILES string of the molecule is CCCC1(N)CN(C(=O)C2Cc3ccccc3C2)C1. The molecule has 1 aromatic rings. The van der Waals surface area contributed by atoms with Gasteiger partial charge in [-0.05, 0) is 30.4 Å². The quantitative estimate of drug-likeness (QED) is 0.897. The van der Waals surface area contributed by atoms with Gasteiger partial charge in [-0.2, -0.15) is 0 Å². The molecule has 1 saturated heterocycles. The maximum atomic E-state index is 12.5. The van der Waals surface area contributed by atoms with E-state index in [1.165, 1.54) is 11.1 Å². The highest BCUT2D eigenvalue weighted by atomic mass is 16.2. The molecule has 0 saturated carbocycles. The van der Waals surface area contributed by atoms with Crippen molar-refractivity contribution in [1.29, 1.82) is 0 Å². The van der Waals surface area contributed by atoms with Crippen molar-refractivity contribution in [3.63, 3.8) is 0 Å². The number of fused-ring (bicyclic) bond motifs is 1. The average Bonchev–Trinajstić information content (AvgIpc) is 2.79. The lowest BCUT2D eigenvalue weighted by atomic mass is 9.85. The minimum Gasteiger partial charge on any atom is -0.339 e. The Morgan fingerprint density at radius 2 is 1.89 bits per heavy atom. The molecule has 1 heterocycles. The summed E-state index contributed by atoms with van der Waals surface area (Å²) in [5.74, 6) is 0.442. The molecule has 1 fully saturated rings. The fourth-order valence-electron chi connectivity index (χ4n) is 3.52. The number of hydrogen-bond acceptors (Lipinski definition) is 2. The number of carbonyl (C=O) groups is 1. The summed E-state index contributed by atoms with van der Waals surface area (Å²) in [7, 11) is 0. The van der Waals surface area contributed by atoms with Crippen LogP contribution in [0.25, 0.3) is 0 Å². The lowest BCUT2D eigenvalue weighted by molar-refractivity contribution is -0.143. The number of carbonyl (C=O) groups excluding carboxylic acids is 1. The van der Waals surface area contributed by atoms with E-state index < -0.39 is 0 Å². The summed E-state index contributed by atoms with van der Waals surface area (Å²) in [6.45, 7) is 3.63. The van der Waals surface area contributed by atoms with E-state index in [9.17, 15) is 4.79 Å². The maximum absolute atomic E-state index is 12.5. The van der Waals surface area contributed by atoms with Crippen LogP contribution in [0.1, 0.15) is 30.9 Å². The zero-order chi connectivity index (χ0) is 13.5. The molecule has 2 N–H and O–H groups in total. The topological polar surface area (TPSA) is 46.3 Å². The molecule has 0 bridgehead atoms. The second kappa shape index (κ2) is 4.64. The Bertz CT molecular complexity index is 466. The summed E-state index contributed by atoms with van der Waals surface area (Å²) in [6, 6.07) is 8.40. The van der Waals surface area contributed by atoms with E-state index in [-0.39, 0.29) is 11.5 Å². The van der Waals surface area contributed by atoms with Crippen molar-refractivity contribution in [2.24, 2.45) is 11.7 Å². The van der Waals surface area contributed by atoms with Gasteiger partial charge in [-0.25, -0.2) is 0 Å². The Hall–Kier alpha value is -1.35. The van der Waals surface area contributed by atoms with Crippen molar-refractivity contribution in [1.82, 2.24) is 4.90 Å². The second-order valence-corrected chi connectivity index (χ2v) is 6.18. The molecule has 3 rings (SSSR count). The predicted octanol–water partition coefficient (Wildman–Crippen LogP) is 1.74. The number of likely N-dealkylation sites (tertiary alicyclic amines) is 1. The van der Waals surface area contributed by atoms with Crippen LogP contribution in [-0.2, 0) is 17.6 Å². The van der Waals surface area contributed by atoms with Crippen molar-refractivity contribution >= 4 is 5.91 Å². The highest BCUT2D eigenvalue weighted by molar-refractivity contribution is 5.81. The molecule has 3 heteroatoms. The maximum Gasteiger partial charge on any atom is 0.226 e. The van der Waals surface area contributed by atoms with Gasteiger partial charge < -0.3 is 10.6 Å². The first-order chi connectivity index (χ1) is 9.11. The lowest BCUT2D eigenvalue weighted by Crippen LogP contribution is -2.69. The van der Waals surface area contributed by atoms with Crippen LogP contribution >= 0.6 is 0 Å². The van der Waals surface area contributed by atoms with Crippen molar-refractivity contribution in [3.8, 4) is 0 Å².